The minimum absolute atomic E-state index is 0.472. The molecule has 0 aromatic carbocycles. The Labute approximate surface area is 83.5 Å². The van der Waals surface area contributed by atoms with Gasteiger partial charge in [0, 0.05) is 12.4 Å². The third kappa shape index (κ3) is 6.80. The third-order valence-corrected chi connectivity index (χ3v) is 1.01. The molecule has 1 nitrogen and oxygen atoms in total. The molecule has 0 aliphatic carbocycles. The molecular formula is C7H9Cl2NPt. The van der Waals surface area contributed by atoms with Crippen molar-refractivity contribution in [3.05, 3.63) is 29.6 Å². The van der Waals surface area contributed by atoms with Crippen molar-refractivity contribution < 1.29 is 16.5 Å². The standard InChI is InChI=1S/C7H9N.2ClH.Pt/c1-6-3-7(2)5-8-4-6;;;/h3-5H,1-2H3;2*1H;/q;;;+2/p-2. The van der Waals surface area contributed by atoms with Gasteiger partial charge in [-0.1, -0.05) is 6.07 Å². The van der Waals surface area contributed by atoms with E-state index in [1.165, 1.54) is 11.1 Å². The van der Waals surface area contributed by atoms with Gasteiger partial charge in [-0.2, -0.15) is 0 Å². The van der Waals surface area contributed by atoms with Crippen LogP contribution in [0.4, 0.5) is 0 Å². The summed E-state index contributed by atoms with van der Waals surface area (Å²) in [5, 5.41) is 0. The quantitative estimate of drug-likeness (QED) is 0.681. The van der Waals surface area contributed by atoms with Crippen LogP contribution in [0.25, 0.3) is 0 Å². The van der Waals surface area contributed by atoms with E-state index in [0.717, 1.165) is 0 Å². The summed E-state index contributed by atoms with van der Waals surface area (Å²) in [6, 6.07) is 2.10. The molecule has 0 aliphatic heterocycles. The SMILES string of the molecule is Cc1cncc(C)c1.[Cl][Pt][Cl]. The summed E-state index contributed by atoms with van der Waals surface area (Å²) < 4.78 is 0. The van der Waals surface area contributed by atoms with Crippen molar-refractivity contribution >= 4 is 18.8 Å². The first-order valence-electron chi connectivity index (χ1n) is 2.91. The van der Waals surface area contributed by atoms with Gasteiger partial charge >= 0.3 is 35.3 Å². The van der Waals surface area contributed by atoms with E-state index in [4.69, 9.17) is 18.8 Å². The molecule has 1 heterocycles. The molecule has 0 radical (unpaired) electrons. The number of aryl methyl sites for hydroxylation is 2. The van der Waals surface area contributed by atoms with E-state index in [1.54, 1.807) is 0 Å². The molecule has 0 saturated carbocycles. The van der Waals surface area contributed by atoms with Gasteiger partial charge in [0.05, 0.1) is 0 Å². The van der Waals surface area contributed by atoms with Gasteiger partial charge in [0.1, 0.15) is 0 Å². The maximum atomic E-state index is 4.88. The Kier molecular flexibility index (Phi) is 7.36. The molecule has 0 saturated heterocycles. The third-order valence-electron chi connectivity index (χ3n) is 1.01. The fourth-order valence-electron chi connectivity index (χ4n) is 0.706. The number of pyridine rings is 1. The second-order valence-electron chi connectivity index (χ2n) is 2.08. The normalized spacial score (nSPS) is 8.73. The van der Waals surface area contributed by atoms with Gasteiger partial charge in [0.15, 0.2) is 0 Å². The summed E-state index contributed by atoms with van der Waals surface area (Å²) >= 11 is -0.472. The van der Waals surface area contributed by atoms with E-state index in [0.29, 0.717) is 0 Å². The molecule has 0 atom stereocenters. The summed E-state index contributed by atoms with van der Waals surface area (Å²) in [5.74, 6) is 0. The minimum atomic E-state index is -0.472. The molecule has 1 aromatic rings. The number of rotatable bonds is 0. The molecule has 0 aliphatic rings. The van der Waals surface area contributed by atoms with E-state index >= 15 is 0 Å². The summed E-state index contributed by atoms with van der Waals surface area (Å²) in [4.78, 5) is 3.98. The predicted octanol–water partition coefficient (Wildman–Crippen LogP) is 3.07. The van der Waals surface area contributed by atoms with Crippen molar-refractivity contribution in [1.29, 1.82) is 0 Å². The molecule has 0 bridgehead atoms. The van der Waals surface area contributed by atoms with Gasteiger partial charge in [0.2, 0.25) is 0 Å². The predicted molar refractivity (Wildman–Crippen MR) is 45.4 cm³/mol. The van der Waals surface area contributed by atoms with Crippen LogP contribution in [0.1, 0.15) is 11.1 Å². The second kappa shape index (κ2) is 7.09. The second-order valence-corrected chi connectivity index (χ2v) is 5.37. The van der Waals surface area contributed by atoms with Crippen LogP contribution in [0.3, 0.4) is 0 Å². The number of nitrogens with zero attached hydrogens (tertiary/aromatic N) is 1. The molecule has 0 spiro atoms. The molecule has 4 heteroatoms. The summed E-state index contributed by atoms with van der Waals surface area (Å²) in [7, 11) is 9.75. The van der Waals surface area contributed by atoms with Gasteiger partial charge in [-0.15, -0.1) is 0 Å². The first-order valence-corrected chi connectivity index (χ1v) is 8.54. The van der Waals surface area contributed by atoms with E-state index in [2.05, 4.69) is 11.1 Å². The maximum absolute atomic E-state index is 4.88. The number of aromatic nitrogens is 1. The van der Waals surface area contributed by atoms with Crippen LogP contribution in [-0.4, -0.2) is 4.98 Å². The van der Waals surface area contributed by atoms with Crippen LogP contribution in [0.2, 0.25) is 0 Å². The van der Waals surface area contributed by atoms with Crippen LogP contribution in [-0.2, 0) is 16.5 Å². The fraction of sp³-hybridized carbons (Fsp3) is 0.286. The van der Waals surface area contributed by atoms with Crippen LogP contribution < -0.4 is 0 Å². The topological polar surface area (TPSA) is 12.9 Å². The van der Waals surface area contributed by atoms with Crippen molar-refractivity contribution in [2.45, 2.75) is 13.8 Å². The average molecular weight is 373 g/mol. The van der Waals surface area contributed by atoms with Gasteiger partial charge in [-0.05, 0) is 25.0 Å². The zero-order valence-electron chi connectivity index (χ0n) is 6.25. The van der Waals surface area contributed by atoms with Crippen molar-refractivity contribution in [2.75, 3.05) is 0 Å². The van der Waals surface area contributed by atoms with Crippen molar-refractivity contribution in [1.82, 2.24) is 4.98 Å². The molecular weight excluding hydrogens is 364 g/mol. The Balaban J connectivity index is 0.000000292. The summed E-state index contributed by atoms with van der Waals surface area (Å²) in [5.41, 5.74) is 2.45. The van der Waals surface area contributed by atoms with E-state index < -0.39 is 16.5 Å². The molecule has 0 fully saturated rings. The molecule has 1 rings (SSSR count). The zero-order valence-corrected chi connectivity index (χ0v) is 10.0. The molecule has 0 amide bonds. The fourth-order valence-corrected chi connectivity index (χ4v) is 0.706. The molecule has 11 heavy (non-hydrogen) atoms. The van der Waals surface area contributed by atoms with Crippen molar-refractivity contribution in [3.63, 3.8) is 0 Å². The van der Waals surface area contributed by atoms with E-state index in [9.17, 15) is 0 Å². The Hall–Kier alpha value is 0.418. The Bertz CT molecular complexity index is 188. The monoisotopic (exact) mass is 372 g/mol. The molecule has 0 N–H and O–H groups in total. The van der Waals surface area contributed by atoms with Crippen LogP contribution in [0.15, 0.2) is 18.5 Å². The molecule has 1 aromatic heterocycles. The van der Waals surface area contributed by atoms with E-state index in [1.807, 2.05) is 26.2 Å². The van der Waals surface area contributed by atoms with Crippen LogP contribution in [0, 0.1) is 13.8 Å². The molecule has 66 valence electrons. The number of hydrogen-bond acceptors (Lipinski definition) is 1. The van der Waals surface area contributed by atoms with Gasteiger partial charge in [-0.3, -0.25) is 4.98 Å². The van der Waals surface area contributed by atoms with Crippen molar-refractivity contribution in [2.24, 2.45) is 0 Å². The Morgan fingerprint density at radius 2 is 1.55 bits per heavy atom. The number of halogens is 2. The summed E-state index contributed by atoms with van der Waals surface area (Å²) in [6.07, 6.45) is 3.71. The first kappa shape index (κ1) is 11.4. The first-order chi connectivity index (χ1) is 5.20. The van der Waals surface area contributed by atoms with Gasteiger partial charge in [0.25, 0.3) is 0 Å². The van der Waals surface area contributed by atoms with Crippen molar-refractivity contribution in [3.8, 4) is 0 Å². The van der Waals surface area contributed by atoms with Gasteiger partial charge < -0.3 is 0 Å². The average Bonchev–Trinajstić information content (AvgIpc) is 1.88. The van der Waals surface area contributed by atoms with Crippen LogP contribution in [0.5, 0.6) is 0 Å². The Morgan fingerprint density at radius 1 is 1.18 bits per heavy atom. The van der Waals surface area contributed by atoms with E-state index in [-0.39, 0.29) is 0 Å². The van der Waals surface area contributed by atoms with Crippen LogP contribution >= 0.6 is 18.8 Å². The molecule has 0 unspecified atom stereocenters. The number of hydrogen-bond donors (Lipinski definition) is 0. The zero-order chi connectivity index (χ0) is 8.69. The van der Waals surface area contributed by atoms with Gasteiger partial charge in [-0.25, -0.2) is 0 Å². The Morgan fingerprint density at radius 3 is 1.73 bits per heavy atom. The summed E-state index contributed by atoms with van der Waals surface area (Å²) in [6.45, 7) is 4.08.